The predicted molar refractivity (Wildman–Crippen MR) is 62.0 cm³/mol. The average molecular weight is 218 g/mol. The van der Waals surface area contributed by atoms with Gasteiger partial charge in [-0.2, -0.15) is 10.4 Å². The molecule has 0 bridgehead atoms. The molecule has 0 amide bonds. The first-order valence-corrected chi connectivity index (χ1v) is 5.63. The van der Waals surface area contributed by atoms with Crippen LogP contribution < -0.4 is 0 Å². The molecule has 0 spiro atoms. The zero-order valence-electron chi connectivity index (χ0n) is 10.4. The van der Waals surface area contributed by atoms with E-state index in [1.165, 1.54) is 0 Å². The molecule has 0 aromatic carbocycles. The van der Waals surface area contributed by atoms with Gasteiger partial charge in [0, 0.05) is 25.1 Å². The summed E-state index contributed by atoms with van der Waals surface area (Å²) in [7, 11) is 2.08. The Morgan fingerprint density at radius 1 is 1.38 bits per heavy atom. The highest BCUT2D eigenvalue weighted by atomic mass is 15.3. The number of likely N-dealkylation sites (N-methyl/N-ethyl adjacent to an activating group) is 1. The summed E-state index contributed by atoms with van der Waals surface area (Å²) in [5.41, 5.74) is 2.82. The molecule has 0 atom stereocenters. The van der Waals surface area contributed by atoms with E-state index >= 15 is 0 Å². The Balaban J connectivity index is 2.55. The van der Waals surface area contributed by atoms with Crippen molar-refractivity contribution in [1.29, 1.82) is 5.26 Å². The van der Waals surface area contributed by atoms with E-state index in [9.17, 15) is 5.26 Å². The van der Waals surface area contributed by atoms with Crippen molar-refractivity contribution in [1.82, 2.24) is 14.7 Å². The van der Waals surface area contributed by atoms with Gasteiger partial charge in [-0.15, -0.1) is 0 Å². The van der Waals surface area contributed by atoms with Crippen molar-refractivity contribution in [3.63, 3.8) is 0 Å². The summed E-state index contributed by atoms with van der Waals surface area (Å²) in [5, 5.41) is 13.9. The monoisotopic (exact) mass is 218 g/mol. The zero-order valence-corrected chi connectivity index (χ0v) is 10.4. The van der Waals surface area contributed by atoms with Gasteiger partial charge in [0.05, 0.1) is 11.2 Å². The third kappa shape index (κ3) is 1.72. The van der Waals surface area contributed by atoms with E-state index in [1.54, 1.807) is 0 Å². The molecular weight excluding hydrogens is 200 g/mol. The Kier molecular flexibility index (Phi) is 2.51. The second kappa shape index (κ2) is 3.60. The molecule has 0 saturated heterocycles. The number of fused-ring (bicyclic) bond motifs is 1. The Bertz CT molecular complexity index is 445. The maximum absolute atomic E-state index is 9.28. The quantitative estimate of drug-likeness (QED) is 0.663. The Hall–Kier alpha value is -1.34. The number of rotatable bonds is 0. The molecule has 0 unspecified atom stereocenters. The lowest BCUT2D eigenvalue weighted by Crippen LogP contribution is -2.26. The van der Waals surface area contributed by atoms with Gasteiger partial charge in [0.15, 0.2) is 0 Å². The second-order valence-corrected chi connectivity index (χ2v) is 5.46. The molecule has 1 aromatic rings. The number of hydrogen-bond acceptors (Lipinski definition) is 3. The van der Waals surface area contributed by atoms with Crippen LogP contribution in [-0.2, 0) is 18.5 Å². The van der Waals surface area contributed by atoms with Crippen LogP contribution >= 0.6 is 0 Å². The number of aromatic nitrogens is 2. The van der Waals surface area contributed by atoms with Gasteiger partial charge in [0.25, 0.3) is 0 Å². The molecule has 0 fully saturated rings. The Labute approximate surface area is 96.5 Å². The summed E-state index contributed by atoms with van der Waals surface area (Å²) in [6.07, 6.45) is 0.948. The molecule has 0 saturated carbocycles. The number of nitriles is 1. The lowest BCUT2D eigenvalue weighted by molar-refractivity contribution is 0.311. The van der Waals surface area contributed by atoms with Crippen LogP contribution in [0.4, 0.5) is 0 Å². The average Bonchev–Trinajstić information content (AvgIpc) is 2.54. The summed E-state index contributed by atoms with van der Waals surface area (Å²) in [5.74, 6) is 0. The van der Waals surface area contributed by atoms with Gasteiger partial charge < -0.3 is 4.90 Å². The molecule has 0 N–H and O–H groups in total. The zero-order chi connectivity index (χ0) is 11.9. The van der Waals surface area contributed by atoms with Gasteiger partial charge in [-0.25, -0.2) is 4.68 Å². The highest BCUT2D eigenvalue weighted by molar-refractivity contribution is 5.37. The fraction of sp³-hybridized carbons (Fsp3) is 0.667. The predicted octanol–water partition coefficient (Wildman–Crippen LogP) is 1.50. The first-order valence-electron chi connectivity index (χ1n) is 5.63. The van der Waals surface area contributed by atoms with Gasteiger partial charge in [0.1, 0.15) is 11.8 Å². The highest BCUT2D eigenvalue weighted by Gasteiger charge is 2.27. The smallest absolute Gasteiger partial charge is 0.143 e. The van der Waals surface area contributed by atoms with E-state index in [-0.39, 0.29) is 5.54 Å². The van der Waals surface area contributed by atoms with Crippen molar-refractivity contribution in [2.75, 3.05) is 13.6 Å². The van der Waals surface area contributed by atoms with E-state index in [1.807, 2.05) is 4.68 Å². The molecule has 2 heterocycles. The van der Waals surface area contributed by atoms with E-state index in [2.05, 4.69) is 43.9 Å². The normalized spacial score (nSPS) is 16.9. The van der Waals surface area contributed by atoms with Crippen LogP contribution in [0.1, 0.15) is 37.7 Å². The molecule has 1 aliphatic rings. The molecule has 4 nitrogen and oxygen atoms in total. The third-order valence-electron chi connectivity index (χ3n) is 2.97. The minimum Gasteiger partial charge on any atom is -0.302 e. The van der Waals surface area contributed by atoms with Gasteiger partial charge in [-0.3, -0.25) is 0 Å². The Morgan fingerprint density at radius 3 is 2.62 bits per heavy atom. The van der Waals surface area contributed by atoms with Crippen LogP contribution in [0.3, 0.4) is 0 Å². The Morgan fingerprint density at radius 2 is 2.06 bits per heavy atom. The van der Waals surface area contributed by atoms with Crippen LogP contribution in [0.5, 0.6) is 0 Å². The maximum atomic E-state index is 9.28. The lowest BCUT2D eigenvalue weighted by atomic mass is 10.1. The minimum atomic E-state index is -0.124. The van der Waals surface area contributed by atoms with E-state index < -0.39 is 0 Å². The van der Waals surface area contributed by atoms with Crippen LogP contribution in [0.2, 0.25) is 0 Å². The van der Waals surface area contributed by atoms with Crippen molar-refractivity contribution in [3.05, 3.63) is 17.0 Å². The topological polar surface area (TPSA) is 44.9 Å². The first kappa shape index (κ1) is 11.2. The van der Waals surface area contributed by atoms with Crippen molar-refractivity contribution < 1.29 is 0 Å². The molecule has 2 rings (SSSR count). The van der Waals surface area contributed by atoms with Crippen LogP contribution in [0, 0.1) is 11.3 Å². The van der Waals surface area contributed by atoms with Crippen molar-refractivity contribution in [3.8, 4) is 6.07 Å². The summed E-state index contributed by atoms with van der Waals surface area (Å²) in [6.45, 7) is 8.11. The number of hydrogen-bond donors (Lipinski definition) is 0. The summed E-state index contributed by atoms with van der Waals surface area (Å²) in [4.78, 5) is 2.23. The molecule has 1 aromatic heterocycles. The molecule has 0 radical (unpaired) electrons. The van der Waals surface area contributed by atoms with Gasteiger partial charge >= 0.3 is 0 Å². The summed E-state index contributed by atoms with van der Waals surface area (Å²) in [6, 6.07) is 2.30. The van der Waals surface area contributed by atoms with Gasteiger partial charge in [-0.1, -0.05) is 0 Å². The van der Waals surface area contributed by atoms with Crippen LogP contribution in [0.25, 0.3) is 0 Å². The summed E-state index contributed by atoms with van der Waals surface area (Å²) >= 11 is 0. The standard InChI is InChI=1S/C12H18N4/c1-12(2,3)16-11(7-13)9-8-15(4)6-5-10(9)14-16/h5-6,8H2,1-4H3. The molecule has 4 heteroatoms. The van der Waals surface area contributed by atoms with Crippen molar-refractivity contribution in [2.45, 2.75) is 39.3 Å². The van der Waals surface area contributed by atoms with Crippen molar-refractivity contribution >= 4 is 0 Å². The van der Waals surface area contributed by atoms with Crippen molar-refractivity contribution in [2.24, 2.45) is 0 Å². The van der Waals surface area contributed by atoms with E-state index in [4.69, 9.17) is 0 Å². The SMILES string of the molecule is CN1CCc2nn(C(C)(C)C)c(C#N)c2C1. The molecule has 0 aliphatic carbocycles. The maximum Gasteiger partial charge on any atom is 0.143 e. The minimum absolute atomic E-state index is 0.124. The fourth-order valence-corrected chi connectivity index (χ4v) is 2.11. The molecular formula is C12H18N4. The first-order chi connectivity index (χ1) is 7.43. The largest absolute Gasteiger partial charge is 0.302 e. The second-order valence-electron chi connectivity index (χ2n) is 5.46. The molecule has 1 aliphatic heterocycles. The molecule has 86 valence electrons. The molecule has 16 heavy (non-hydrogen) atoms. The van der Waals surface area contributed by atoms with E-state index in [0.29, 0.717) is 0 Å². The van der Waals surface area contributed by atoms with Gasteiger partial charge in [-0.05, 0) is 27.8 Å². The highest BCUT2D eigenvalue weighted by Crippen LogP contribution is 2.25. The fourth-order valence-electron chi connectivity index (χ4n) is 2.11. The lowest BCUT2D eigenvalue weighted by Gasteiger charge is -2.21. The summed E-state index contributed by atoms with van der Waals surface area (Å²) < 4.78 is 1.87. The number of nitrogens with zero attached hydrogens (tertiary/aromatic N) is 4. The third-order valence-corrected chi connectivity index (χ3v) is 2.97. The van der Waals surface area contributed by atoms with Crippen LogP contribution in [0.15, 0.2) is 0 Å². The van der Waals surface area contributed by atoms with E-state index in [0.717, 1.165) is 36.5 Å². The van der Waals surface area contributed by atoms with Crippen LogP contribution in [-0.4, -0.2) is 28.3 Å². The van der Waals surface area contributed by atoms with Gasteiger partial charge in [0.2, 0.25) is 0 Å².